The van der Waals surface area contributed by atoms with E-state index in [2.05, 4.69) is 21.2 Å². The molecule has 0 radical (unpaired) electrons. The highest BCUT2D eigenvalue weighted by Crippen LogP contribution is 2.28. The minimum atomic E-state index is -3.71. The summed E-state index contributed by atoms with van der Waals surface area (Å²) < 4.78 is 39.9. The van der Waals surface area contributed by atoms with Gasteiger partial charge in [0.1, 0.15) is 5.82 Å². The van der Waals surface area contributed by atoms with Crippen LogP contribution >= 0.6 is 15.9 Å². The van der Waals surface area contributed by atoms with Crippen LogP contribution in [0, 0.1) is 5.82 Å². The molecule has 2 aliphatic heterocycles. The SMILES string of the molecule is O=C1NCC2CN(S(=O)(=O)c3ccc(F)cc3Br)CCN12. The fraction of sp³-hybridized carbons (Fsp3) is 0.417. The molecule has 2 heterocycles. The fourth-order valence-electron chi connectivity index (χ4n) is 2.62. The Bertz CT molecular complexity index is 697. The topological polar surface area (TPSA) is 69.7 Å². The summed E-state index contributed by atoms with van der Waals surface area (Å²) >= 11 is 3.09. The predicted octanol–water partition coefficient (Wildman–Crippen LogP) is 0.986. The van der Waals surface area contributed by atoms with Crippen molar-refractivity contribution in [1.82, 2.24) is 14.5 Å². The molecule has 1 unspecified atom stereocenters. The Hall–Kier alpha value is -1.19. The molecule has 9 heteroatoms. The van der Waals surface area contributed by atoms with Crippen molar-refractivity contribution in [3.8, 4) is 0 Å². The zero-order valence-electron chi connectivity index (χ0n) is 10.9. The second-order valence-electron chi connectivity index (χ2n) is 4.97. The van der Waals surface area contributed by atoms with Crippen molar-refractivity contribution in [3.05, 3.63) is 28.5 Å². The van der Waals surface area contributed by atoms with Gasteiger partial charge in [0.2, 0.25) is 10.0 Å². The van der Waals surface area contributed by atoms with Crippen LogP contribution in [0.1, 0.15) is 0 Å². The second kappa shape index (κ2) is 5.22. The second-order valence-corrected chi connectivity index (χ2v) is 7.73. The molecular formula is C12H13BrFN3O3S. The summed E-state index contributed by atoms with van der Waals surface area (Å²) in [6, 6.07) is 3.19. The van der Waals surface area contributed by atoms with Crippen LogP contribution in [0.4, 0.5) is 9.18 Å². The number of halogens is 2. The van der Waals surface area contributed by atoms with Crippen LogP contribution in [0.15, 0.2) is 27.6 Å². The summed E-state index contributed by atoms with van der Waals surface area (Å²) in [4.78, 5) is 13.2. The van der Waals surface area contributed by atoms with E-state index in [4.69, 9.17) is 0 Å². The maximum atomic E-state index is 13.1. The van der Waals surface area contributed by atoms with Gasteiger partial charge in [0.05, 0.1) is 10.9 Å². The molecule has 2 aliphatic rings. The van der Waals surface area contributed by atoms with Crippen molar-refractivity contribution in [2.24, 2.45) is 0 Å². The lowest BCUT2D eigenvalue weighted by molar-refractivity contribution is 0.164. The van der Waals surface area contributed by atoms with Gasteiger partial charge in [0.15, 0.2) is 0 Å². The number of urea groups is 1. The van der Waals surface area contributed by atoms with Crippen molar-refractivity contribution in [2.75, 3.05) is 26.2 Å². The van der Waals surface area contributed by atoms with Gasteiger partial charge in [-0.3, -0.25) is 0 Å². The first-order valence-corrected chi connectivity index (χ1v) is 8.62. The van der Waals surface area contributed by atoms with Gasteiger partial charge in [0, 0.05) is 30.7 Å². The average Bonchev–Trinajstić information content (AvgIpc) is 2.79. The van der Waals surface area contributed by atoms with E-state index in [1.54, 1.807) is 4.90 Å². The zero-order chi connectivity index (χ0) is 15.2. The number of hydrogen-bond acceptors (Lipinski definition) is 3. The largest absolute Gasteiger partial charge is 0.336 e. The molecular weight excluding hydrogens is 365 g/mol. The van der Waals surface area contributed by atoms with Gasteiger partial charge in [-0.2, -0.15) is 4.31 Å². The van der Waals surface area contributed by atoms with Gasteiger partial charge < -0.3 is 10.2 Å². The minimum absolute atomic E-state index is 0.0367. The lowest BCUT2D eigenvalue weighted by atomic mass is 10.2. The molecule has 1 N–H and O–H groups in total. The molecule has 2 saturated heterocycles. The van der Waals surface area contributed by atoms with Gasteiger partial charge in [-0.15, -0.1) is 0 Å². The van der Waals surface area contributed by atoms with Crippen molar-refractivity contribution in [3.63, 3.8) is 0 Å². The van der Waals surface area contributed by atoms with Crippen LogP contribution in [0.2, 0.25) is 0 Å². The maximum Gasteiger partial charge on any atom is 0.317 e. The number of sulfonamides is 1. The molecule has 1 atom stereocenters. The zero-order valence-corrected chi connectivity index (χ0v) is 13.3. The van der Waals surface area contributed by atoms with E-state index in [0.29, 0.717) is 13.1 Å². The Morgan fingerprint density at radius 3 is 2.81 bits per heavy atom. The number of carbonyl (C=O) groups is 1. The first-order valence-electron chi connectivity index (χ1n) is 6.39. The molecule has 0 bridgehead atoms. The Labute approximate surface area is 130 Å². The lowest BCUT2D eigenvalue weighted by Gasteiger charge is -2.35. The fourth-order valence-corrected chi connectivity index (χ4v) is 5.10. The summed E-state index contributed by atoms with van der Waals surface area (Å²) in [6.45, 7) is 1.27. The quantitative estimate of drug-likeness (QED) is 0.835. The van der Waals surface area contributed by atoms with E-state index < -0.39 is 15.8 Å². The van der Waals surface area contributed by atoms with Crippen LogP contribution in [-0.2, 0) is 10.0 Å². The number of nitrogens with one attached hydrogen (secondary N) is 1. The first kappa shape index (κ1) is 14.7. The number of rotatable bonds is 2. The number of fused-ring (bicyclic) bond motifs is 1. The Kier molecular flexibility index (Phi) is 3.66. The normalized spacial score (nSPS) is 23.0. The van der Waals surface area contributed by atoms with E-state index in [1.165, 1.54) is 10.4 Å². The van der Waals surface area contributed by atoms with Crippen LogP contribution in [-0.4, -0.2) is 55.9 Å². The van der Waals surface area contributed by atoms with Gasteiger partial charge in [-0.1, -0.05) is 0 Å². The van der Waals surface area contributed by atoms with E-state index in [1.807, 2.05) is 0 Å². The average molecular weight is 378 g/mol. The van der Waals surface area contributed by atoms with E-state index in [9.17, 15) is 17.6 Å². The molecule has 6 nitrogen and oxygen atoms in total. The van der Waals surface area contributed by atoms with Crippen LogP contribution in [0.25, 0.3) is 0 Å². The highest BCUT2D eigenvalue weighted by Gasteiger charge is 2.40. The minimum Gasteiger partial charge on any atom is -0.336 e. The molecule has 0 aromatic heterocycles. The number of amides is 2. The maximum absolute atomic E-state index is 13.1. The van der Waals surface area contributed by atoms with Gasteiger partial charge in [-0.25, -0.2) is 17.6 Å². The van der Waals surface area contributed by atoms with Crippen LogP contribution in [0.3, 0.4) is 0 Å². The molecule has 0 saturated carbocycles. The highest BCUT2D eigenvalue weighted by molar-refractivity contribution is 9.10. The van der Waals surface area contributed by atoms with Crippen molar-refractivity contribution < 1.29 is 17.6 Å². The van der Waals surface area contributed by atoms with Crippen LogP contribution < -0.4 is 5.32 Å². The van der Waals surface area contributed by atoms with E-state index >= 15 is 0 Å². The van der Waals surface area contributed by atoms with Gasteiger partial charge in [-0.05, 0) is 34.1 Å². The third kappa shape index (κ3) is 2.53. The number of benzene rings is 1. The summed E-state index contributed by atoms with van der Waals surface area (Å²) in [6.07, 6.45) is 0. The monoisotopic (exact) mass is 377 g/mol. The molecule has 0 aliphatic carbocycles. The molecule has 114 valence electrons. The number of hydrogen-bond donors (Lipinski definition) is 1. The number of nitrogens with zero attached hydrogens (tertiary/aromatic N) is 2. The molecule has 1 aromatic rings. The smallest absolute Gasteiger partial charge is 0.317 e. The van der Waals surface area contributed by atoms with Gasteiger partial charge >= 0.3 is 6.03 Å². The van der Waals surface area contributed by atoms with Crippen molar-refractivity contribution in [2.45, 2.75) is 10.9 Å². The van der Waals surface area contributed by atoms with E-state index in [-0.39, 0.29) is 34.5 Å². The molecule has 0 spiro atoms. The Morgan fingerprint density at radius 2 is 2.10 bits per heavy atom. The lowest BCUT2D eigenvalue weighted by Crippen LogP contribution is -2.53. The molecule has 1 aromatic carbocycles. The number of piperazine rings is 1. The molecule has 2 amide bonds. The van der Waals surface area contributed by atoms with Gasteiger partial charge in [0.25, 0.3) is 0 Å². The first-order chi connectivity index (χ1) is 9.89. The summed E-state index contributed by atoms with van der Waals surface area (Å²) in [5.74, 6) is -0.503. The molecule has 2 fully saturated rings. The highest BCUT2D eigenvalue weighted by atomic mass is 79.9. The van der Waals surface area contributed by atoms with Crippen LogP contribution in [0.5, 0.6) is 0 Å². The number of carbonyl (C=O) groups excluding carboxylic acids is 1. The third-order valence-corrected chi connectivity index (χ3v) is 6.55. The van der Waals surface area contributed by atoms with Crippen molar-refractivity contribution >= 4 is 32.0 Å². The standard InChI is InChI=1S/C12H13BrFN3O3S/c13-10-5-8(14)1-2-11(10)21(19,20)16-3-4-17-9(7-16)6-15-12(17)18/h1-2,5,9H,3-4,6-7H2,(H,15,18). The Morgan fingerprint density at radius 1 is 1.33 bits per heavy atom. The summed E-state index contributed by atoms with van der Waals surface area (Å²) in [5, 5.41) is 2.70. The Balaban J connectivity index is 1.87. The van der Waals surface area contributed by atoms with Crippen molar-refractivity contribution in [1.29, 1.82) is 0 Å². The predicted molar refractivity (Wildman–Crippen MR) is 76.8 cm³/mol. The molecule has 3 rings (SSSR count). The van der Waals surface area contributed by atoms with E-state index in [0.717, 1.165) is 12.1 Å². The third-order valence-electron chi connectivity index (χ3n) is 3.71. The molecule has 21 heavy (non-hydrogen) atoms. The summed E-state index contributed by atoms with van der Waals surface area (Å²) in [7, 11) is -3.71. The summed E-state index contributed by atoms with van der Waals surface area (Å²) in [5.41, 5.74) is 0.